The summed E-state index contributed by atoms with van der Waals surface area (Å²) in [7, 11) is 0. The first-order valence-electron chi connectivity index (χ1n) is 6.58. The zero-order valence-corrected chi connectivity index (χ0v) is 11.5. The van der Waals surface area contributed by atoms with E-state index in [4.69, 9.17) is 5.73 Å². The minimum Gasteiger partial charge on any atom is -0.394 e. The van der Waals surface area contributed by atoms with Crippen molar-refractivity contribution in [3.8, 4) is 0 Å². The van der Waals surface area contributed by atoms with Crippen molar-refractivity contribution in [3.05, 3.63) is 5.82 Å². The summed E-state index contributed by atoms with van der Waals surface area (Å²) in [6, 6.07) is 0.608. The van der Waals surface area contributed by atoms with Crippen LogP contribution >= 0.6 is 11.8 Å². The van der Waals surface area contributed by atoms with Gasteiger partial charge >= 0.3 is 0 Å². The Morgan fingerprint density at radius 1 is 1.39 bits per heavy atom. The Bertz CT molecular complexity index is 437. The lowest BCUT2D eigenvalue weighted by Crippen LogP contribution is -2.42. The number of thioether (sulfide) groups is 1. The zero-order chi connectivity index (χ0) is 12.8. The van der Waals surface area contributed by atoms with Crippen LogP contribution in [0.2, 0.25) is 0 Å². The average Bonchev–Trinajstić information content (AvgIpc) is 3.25. The molecule has 6 heteroatoms. The third-order valence-corrected chi connectivity index (χ3v) is 4.78. The molecule has 2 saturated carbocycles. The van der Waals surface area contributed by atoms with Gasteiger partial charge in [-0.05, 0) is 32.6 Å². The van der Waals surface area contributed by atoms with Crippen molar-refractivity contribution >= 4 is 11.8 Å². The molecule has 1 unspecified atom stereocenters. The molecule has 1 aromatic heterocycles. The van der Waals surface area contributed by atoms with Gasteiger partial charge in [-0.3, -0.25) is 0 Å². The fourth-order valence-electron chi connectivity index (χ4n) is 1.96. The van der Waals surface area contributed by atoms with Crippen LogP contribution in [-0.4, -0.2) is 37.8 Å². The van der Waals surface area contributed by atoms with Gasteiger partial charge in [0.2, 0.25) is 0 Å². The van der Waals surface area contributed by atoms with Gasteiger partial charge in [0.25, 0.3) is 0 Å². The zero-order valence-electron chi connectivity index (χ0n) is 10.7. The second-order valence-electron chi connectivity index (χ2n) is 5.82. The molecule has 3 rings (SSSR count). The lowest BCUT2D eigenvalue weighted by molar-refractivity contribution is 0.224. The molecule has 1 atom stereocenters. The molecule has 2 fully saturated rings. The van der Waals surface area contributed by atoms with Crippen molar-refractivity contribution < 1.29 is 5.11 Å². The average molecular weight is 268 g/mol. The first-order chi connectivity index (χ1) is 8.61. The van der Waals surface area contributed by atoms with Gasteiger partial charge in [0.1, 0.15) is 5.82 Å². The minimum absolute atomic E-state index is 0.00690. The minimum atomic E-state index is -0.551. The lowest BCUT2D eigenvalue weighted by atomic mass is 10.1. The quantitative estimate of drug-likeness (QED) is 0.760. The van der Waals surface area contributed by atoms with E-state index in [-0.39, 0.29) is 6.61 Å². The van der Waals surface area contributed by atoms with Gasteiger partial charge in [0, 0.05) is 23.3 Å². The van der Waals surface area contributed by atoms with Gasteiger partial charge in [-0.25, -0.2) is 0 Å². The normalized spacial score (nSPS) is 23.1. The molecule has 2 aliphatic rings. The summed E-state index contributed by atoms with van der Waals surface area (Å²) in [6.07, 6.45) is 4.98. The Kier molecular flexibility index (Phi) is 3.11. The molecule has 0 amide bonds. The summed E-state index contributed by atoms with van der Waals surface area (Å²) in [4.78, 5) is 0. The largest absolute Gasteiger partial charge is 0.394 e. The highest BCUT2D eigenvalue weighted by Crippen LogP contribution is 2.46. The van der Waals surface area contributed by atoms with Gasteiger partial charge in [0.05, 0.1) is 6.61 Å². The molecule has 0 aromatic carbocycles. The van der Waals surface area contributed by atoms with Crippen LogP contribution < -0.4 is 5.73 Å². The molecule has 0 bridgehead atoms. The monoisotopic (exact) mass is 268 g/mol. The Hall–Kier alpha value is -0.590. The molecule has 1 aromatic rings. The van der Waals surface area contributed by atoms with Crippen molar-refractivity contribution in [2.24, 2.45) is 5.73 Å². The van der Waals surface area contributed by atoms with Crippen molar-refractivity contribution in [2.75, 3.05) is 12.4 Å². The van der Waals surface area contributed by atoms with E-state index in [0.717, 1.165) is 5.16 Å². The van der Waals surface area contributed by atoms with Crippen LogP contribution in [0.15, 0.2) is 5.16 Å². The smallest absolute Gasteiger partial charge is 0.191 e. The van der Waals surface area contributed by atoms with E-state index in [1.807, 2.05) is 6.92 Å². The predicted octanol–water partition coefficient (Wildman–Crippen LogP) is 1.29. The lowest BCUT2D eigenvalue weighted by Gasteiger charge is -2.20. The summed E-state index contributed by atoms with van der Waals surface area (Å²) in [6.45, 7) is 1.85. The topological polar surface area (TPSA) is 77.0 Å². The van der Waals surface area contributed by atoms with Gasteiger partial charge in [-0.2, -0.15) is 0 Å². The molecule has 5 nitrogen and oxygen atoms in total. The summed E-state index contributed by atoms with van der Waals surface area (Å²) in [5.74, 6) is 2.47. The maximum absolute atomic E-state index is 9.19. The first kappa shape index (κ1) is 12.4. The van der Waals surface area contributed by atoms with E-state index < -0.39 is 5.54 Å². The van der Waals surface area contributed by atoms with Crippen molar-refractivity contribution in [3.63, 3.8) is 0 Å². The van der Waals surface area contributed by atoms with Crippen LogP contribution in [-0.2, 0) is 0 Å². The Balaban J connectivity index is 1.75. The highest BCUT2D eigenvalue weighted by molar-refractivity contribution is 7.99. The summed E-state index contributed by atoms with van der Waals surface area (Å²) in [5, 5.41) is 18.8. The van der Waals surface area contributed by atoms with Crippen LogP contribution in [0.5, 0.6) is 0 Å². The number of hydrogen-bond acceptors (Lipinski definition) is 5. The van der Waals surface area contributed by atoms with Gasteiger partial charge in [-0.15, -0.1) is 10.2 Å². The molecule has 0 radical (unpaired) electrons. The van der Waals surface area contributed by atoms with Gasteiger partial charge in [0.15, 0.2) is 5.16 Å². The third-order valence-electron chi connectivity index (χ3n) is 3.44. The number of rotatable bonds is 6. The Morgan fingerprint density at radius 3 is 2.67 bits per heavy atom. The van der Waals surface area contributed by atoms with Crippen molar-refractivity contribution in [1.29, 1.82) is 0 Å². The number of hydrogen-bond donors (Lipinski definition) is 2. The van der Waals surface area contributed by atoms with E-state index in [2.05, 4.69) is 14.8 Å². The highest BCUT2D eigenvalue weighted by atomic mass is 32.2. The molecule has 1 heterocycles. The van der Waals surface area contributed by atoms with E-state index in [1.54, 1.807) is 11.8 Å². The summed E-state index contributed by atoms with van der Waals surface area (Å²) < 4.78 is 2.32. The highest BCUT2D eigenvalue weighted by Gasteiger charge is 2.36. The summed E-state index contributed by atoms with van der Waals surface area (Å²) in [5.41, 5.74) is 5.41. The fourth-order valence-corrected chi connectivity index (χ4v) is 2.99. The molecule has 2 aliphatic carbocycles. The second kappa shape index (κ2) is 4.51. The number of aliphatic hydroxyl groups is 1. The molecular formula is C12H20N4OS. The maximum atomic E-state index is 9.19. The van der Waals surface area contributed by atoms with E-state index in [1.165, 1.54) is 31.5 Å². The SMILES string of the molecule is CC(N)(CO)CSc1nnc(C2CC2)n1C1CC1. The van der Waals surface area contributed by atoms with E-state index in [9.17, 15) is 5.11 Å². The van der Waals surface area contributed by atoms with Crippen LogP contribution in [0.25, 0.3) is 0 Å². The molecule has 3 N–H and O–H groups in total. The van der Waals surface area contributed by atoms with E-state index >= 15 is 0 Å². The van der Waals surface area contributed by atoms with Crippen LogP contribution in [0, 0.1) is 0 Å². The molecular weight excluding hydrogens is 248 g/mol. The predicted molar refractivity (Wildman–Crippen MR) is 70.7 cm³/mol. The van der Waals surface area contributed by atoms with Gasteiger partial charge < -0.3 is 15.4 Å². The number of nitrogens with zero attached hydrogens (tertiary/aromatic N) is 3. The third kappa shape index (κ3) is 2.55. The first-order valence-corrected chi connectivity index (χ1v) is 7.56. The molecule has 0 saturated heterocycles. The molecule has 0 spiro atoms. The molecule has 100 valence electrons. The Morgan fingerprint density at radius 2 is 2.11 bits per heavy atom. The molecule has 0 aliphatic heterocycles. The van der Waals surface area contributed by atoms with Crippen LogP contribution in [0.4, 0.5) is 0 Å². The van der Waals surface area contributed by atoms with E-state index in [0.29, 0.717) is 17.7 Å². The number of nitrogens with two attached hydrogens (primary N) is 1. The summed E-state index contributed by atoms with van der Waals surface area (Å²) >= 11 is 1.62. The molecule has 18 heavy (non-hydrogen) atoms. The van der Waals surface area contributed by atoms with Gasteiger partial charge in [-0.1, -0.05) is 11.8 Å². The fraction of sp³-hybridized carbons (Fsp3) is 0.833. The van der Waals surface area contributed by atoms with Crippen LogP contribution in [0.3, 0.4) is 0 Å². The standard InChI is InChI=1S/C12H20N4OS/c1-12(13,6-17)7-18-11-15-14-10(8-2-3-8)16(11)9-4-5-9/h8-9,17H,2-7,13H2,1H3. The second-order valence-corrected chi connectivity index (χ2v) is 6.76. The maximum Gasteiger partial charge on any atom is 0.191 e. The number of aliphatic hydroxyl groups excluding tert-OH is 1. The van der Waals surface area contributed by atoms with Crippen molar-refractivity contribution in [2.45, 2.75) is 55.3 Å². The number of aromatic nitrogens is 3. The Labute approximate surface area is 111 Å². The van der Waals surface area contributed by atoms with Crippen LogP contribution in [0.1, 0.15) is 50.4 Å². The van der Waals surface area contributed by atoms with Crippen molar-refractivity contribution in [1.82, 2.24) is 14.8 Å².